The Hall–Kier alpha value is -4.52. The molecule has 0 radical (unpaired) electrons. The fourth-order valence-corrected chi connectivity index (χ4v) is 5.23. The van der Waals surface area contributed by atoms with Gasteiger partial charge in [-0.3, -0.25) is 4.79 Å². The maximum atomic E-state index is 14.4. The van der Waals surface area contributed by atoms with Crippen LogP contribution in [0, 0.1) is 0 Å². The van der Waals surface area contributed by atoms with Crippen LogP contribution >= 0.6 is 0 Å². The second-order valence-corrected chi connectivity index (χ2v) is 11.1. The van der Waals surface area contributed by atoms with Crippen LogP contribution in [0.4, 0.5) is 10.5 Å². The summed E-state index contributed by atoms with van der Waals surface area (Å²) in [5, 5.41) is 0. The van der Waals surface area contributed by atoms with Gasteiger partial charge in [0.2, 0.25) is 0 Å². The summed E-state index contributed by atoms with van der Waals surface area (Å²) in [6, 6.07) is 29.3. The summed E-state index contributed by atoms with van der Waals surface area (Å²) in [6.45, 7) is 6.79. The Labute approximate surface area is 235 Å². The van der Waals surface area contributed by atoms with Gasteiger partial charge in [-0.25, -0.2) is 4.79 Å². The molecule has 2 heterocycles. The quantitative estimate of drug-likeness (QED) is 0.316. The van der Waals surface area contributed by atoms with Crippen molar-refractivity contribution >= 4 is 17.7 Å². The molecule has 0 bridgehead atoms. The minimum absolute atomic E-state index is 0.0723. The summed E-state index contributed by atoms with van der Waals surface area (Å²) in [6.07, 6.45) is 2.18. The third-order valence-electron chi connectivity index (χ3n) is 7.07. The number of nitrogens with zero attached hydrogens (tertiary/aromatic N) is 3. The standard InChI is InChI=1S/C33H36N4O3/c1-33(2,3)40-32(39)35-20-21-36(26(23-35)22-24-12-6-4-7-13-24)31(38)27-18-19-37(29-17-11-10-16-28(29)34)30(27)25-14-8-5-9-15-25/h4-19,26H,20-23,34H2,1-3H3. The summed E-state index contributed by atoms with van der Waals surface area (Å²) in [4.78, 5) is 31.0. The number of piperazine rings is 1. The molecule has 0 spiro atoms. The van der Waals surface area contributed by atoms with E-state index in [9.17, 15) is 9.59 Å². The highest BCUT2D eigenvalue weighted by molar-refractivity contribution is 6.01. The van der Waals surface area contributed by atoms with E-state index in [-0.39, 0.29) is 18.0 Å². The van der Waals surface area contributed by atoms with Gasteiger partial charge in [-0.2, -0.15) is 0 Å². The second-order valence-electron chi connectivity index (χ2n) is 11.1. The molecular weight excluding hydrogens is 500 g/mol. The molecule has 1 saturated heterocycles. The average Bonchev–Trinajstić information content (AvgIpc) is 3.38. The molecule has 1 aliphatic rings. The SMILES string of the molecule is CC(C)(C)OC(=O)N1CCN(C(=O)c2ccn(-c3ccccc3N)c2-c2ccccc2)C(Cc2ccccc2)C1. The van der Waals surface area contributed by atoms with E-state index in [0.29, 0.717) is 37.3 Å². The number of nitrogens with two attached hydrogens (primary N) is 1. The molecule has 7 nitrogen and oxygen atoms in total. The Morgan fingerprint density at radius 2 is 1.52 bits per heavy atom. The first-order valence-corrected chi connectivity index (χ1v) is 13.7. The minimum Gasteiger partial charge on any atom is -0.444 e. The van der Waals surface area contributed by atoms with Crippen LogP contribution in [-0.2, 0) is 11.2 Å². The predicted molar refractivity (Wildman–Crippen MR) is 158 cm³/mol. The van der Waals surface area contributed by atoms with Crippen molar-refractivity contribution in [3.05, 3.63) is 108 Å². The van der Waals surface area contributed by atoms with E-state index in [4.69, 9.17) is 10.5 Å². The van der Waals surface area contributed by atoms with Gasteiger partial charge in [0.1, 0.15) is 5.60 Å². The zero-order valence-electron chi connectivity index (χ0n) is 23.3. The van der Waals surface area contributed by atoms with E-state index in [1.807, 2.05) is 115 Å². The molecule has 206 valence electrons. The van der Waals surface area contributed by atoms with Crippen molar-refractivity contribution in [1.29, 1.82) is 0 Å². The number of hydrogen-bond acceptors (Lipinski definition) is 4. The van der Waals surface area contributed by atoms with Gasteiger partial charge in [0.15, 0.2) is 0 Å². The number of hydrogen-bond donors (Lipinski definition) is 1. The molecule has 2 N–H and O–H groups in total. The van der Waals surface area contributed by atoms with Crippen molar-refractivity contribution < 1.29 is 14.3 Å². The van der Waals surface area contributed by atoms with Crippen molar-refractivity contribution in [2.24, 2.45) is 0 Å². The molecule has 1 unspecified atom stereocenters. The lowest BCUT2D eigenvalue weighted by molar-refractivity contribution is 0.00440. The van der Waals surface area contributed by atoms with Gasteiger partial charge in [0.25, 0.3) is 5.91 Å². The van der Waals surface area contributed by atoms with E-state index in [1.165, 1.54) is 0 Å². The third-order valence-corrected chi connectivity index (χ3v) is 7.07. The van der Waals surface area contributed by atoms with Gasteiger partial charge in [-0.15, -0.1) is 0 Å². The van der Waals surface area contributed by atoms with Crippen molar-refractivity contribution in [1.82, 2.24) is 14.4 Å². The van der Waals surface area contributed by atoms with Crippen LogP contribution in [0.5, 0.6) is 0 Å². The van der Waals surface area contributed by atoms with Crippen LogP contribution in [0.15, 0.2) is 97.2 Å². The zero-order chi connectivity index (χ0) is 28.3. The molecule has 0 aliphatic carbocycles. The highest BCUT2D eigenvalue weighted by Gasteiger charge is 2.36. The zero-order valence-corrected chi connectivity index (χ0v) is 23.3. The summed E-state index contributed by atoms with van der Waals surface area (Å²) in [7, 11) is 0. The number of anilines is 1. The van der Waals surface area contributed by atoms with Crippen LogP contribution < -0.4 is 5.73 Å². The van der Waals surface area contributed by atoms with E-state index < -0.39 is 5.60 Å². The van der Waals surface area contributed by atoms with Crippen molar-refractivity contribution in [3.63, 3.8) is 0 Å². The Kier molecular flexibility index (Phi) is 7.65. The molecule has 5 rings (SSSR count). The Bertz CT molecular complexity index is 1470. The fourth-order valence-electron chi connectivity index (χ4n) is 5.23. The third kappa shape index (κ3) is 5.88. The smallest absolute Gasteiger partial charge is 0.410 e. The normalized spacial score (nSPS) is 15.6. The van der Waals surface area contributed by atoms with Gasteiger partial charge in [0, 0.05) is 25.8 Å². The van der Waals surface area contributed by atoms with Crippen LogP contribution in [0.2, 0.25) is 0 Å². The van der Waals surface area contributed by atoms with Crippen molar-refractivity contribution in [3.8, 4) is 16.9 Å². The van der Waals surface area contributed by atoms with E-state index in [2.05, 4.69) is 12.1 Å². The first-order chi connectivity index (χ1) is 19.2. The molecule has 7 heteroatoms. The number of ether oxygens (including phenoxy) is 1. The maximum absolute atomic E-state index is 14.4. The molecule has 1 fully saturated rings. The lowest BCUT2D eigenvalue weighted by Gasteiger charge is -2.42. The van der Waals surface area contributed by atoms with Gasteiger partial charge in [0.05, 0.1) is 28.7 Å². The Morgan fingerprint density at radius 1 is 0.875 bits per heavy atom. The van der Waals surface area contributed by atoms with E-state index in [1.54, 1.807) is 4.90 Å². The number of amides is 2. The molecule has 4 aromatic rings. The molecular formula is C33H36N4O3. The van der Waals surface area contributed by atoms with Crippen LogP contribution in [0.3, 0.4) is 0 Å². The number of para-hydroxylation sites is 2. The summed E-state index contributed by atoms with van der Waals surface area (Å²) < 4.78 is 7.65. The lowest BCUT2D eigenvalue weighted by Crippen LogP contribution is -2.57. The fraction of sp³-hybridized carbons (Fsp3) is 0.273. The first kappa shape index (κ1) is 27.1. The maximum Gasteiger partial charge on any atom is 0.410 e. The molecule has 0 saturated carbocycles. The highest BCUT2D eigenvalue weighted by Crippen LogP contribution is 2.32. The number of aromatic nitrogens is 1. The number of benzene rings is 3. The summed E-state index contributed by atoms with van der Waals surface area (Å²) in [5.74, 6) is -0.0723. The first-order valence-electron chi connectivity index (χ1n) is 13.7. The minimum atomic E-state index is -0.592. The molecule has 2 amide bonds. The second kappa shape index (κ2) is 11.3. The number of nitrogen functional groups attached to an aromatic ring is 1. The summed E-state index contributed by atoms with van der Waals surface area (Å²) in [5.41, 5.74) is 10.6. The highest BCUT2D eigenvalue weighted by atomic mass is 16.6. The average molecular weight is 537 g/mol. The summed E-state index contributed by atoms with van der Waals surface area (Å²) >= 11 is 0. The number of carbonyl (C=O) groups is 2. The van der Waals surface area contributed by atoms with Crippen LogP contribution in [-0.4, -0.2) is 57.6 Å². The van der Waals surface area contributed by atoms with Crippen molar-refractivity contribution in [2.75, 3.05) is 25.4 Å². The van der Waals surface area contributed by atoms with Crippen LogP contribution in [0.25, 0.3) is 16.9 Å². The Balaban J connectivity index is 1.52. The molecule has 1 aromatic heterocycles. The number of carbonyl (C=O) groups excluding carboxylic acids is 2. The van der Waals surface area contributed by atoms with Gasteiger partial charge < -0.3 is 24.8 Å². The molecule has 1 aliphatic heterocycles. The Morgan fingerprint density at radius 3 is 2.20 bits per heavy atom. The predicted octanol–water partition coefficient (Wildman–Crippen LogP) is 6.03. The van der Waals surface area contributed by atoms with Crippen molar-refractivity contribution in [2.45, 2.75) is 38.8 Å². The van der Waals surface area contributed by atoms with Gasteiger partial charge >= 0.3 is 6.09 Å². The van der Waals surface area contributed by atoms with E-state index >= 15 is 0 Å². The van der Waals surface area contributed by atoms with Crippen LogP contribution in [0.1, 0.15) is 36.7 Å². The topological polar surface area (TPSA) is 80.8 Å². The largest absolute Gasteiger partial charge is 0.444 e. The van der Waals surface area contributed by atoms with E-state index in [0.717, 1.165) is 22.5 Å². The number of rotatable bonds is 5. The molecule has 1 atom stereocenters. The monoisotopic (exact) mass is 536 g/mol. The lowest BCUT2D eigenvalue weighted by atomic mass is 10.00. The molecule has 3 aromatic carbocycles. The van der Waals surface area contributed by atoms with Gasteiger partial charge in [-0.05, 0) is 56.5 Å². The molecule has 40 heavy (non-hydrogen) atoms. The van der Waals surface area contributed by atoms with Gasteiger partial charge in [-0.1, -0.05) is 72.8 Å².